The summed E-state index contributed by atoms with van der Waals surface area (Å²) < 4.78 is 3.32. The quantitative estimate of drug-likeness (QED) is 0.511. The molecule has 4 heteroatoms. The number of imidazole rings is 1. The Morgan fingerprint density at radius 2 is 2.40 bits per heavy atom. The zero-order chi connectivity index (χ0) is 7.56. The zero-order valence-corrected chi connectivity index (χ0v) is 5.81. The maximum Gasteiger partial charge on any atom is 0.245 e. The summed E-state index contributed by atoms with van der Waals surface area (Å²) in [6, 6.07) is 0. The van der Waals surface area contributed by atoms with E-state index < -0.39 is 6.23 Å². The molecule has 1 heterocycles. The number of rotatable bonds is 2. The Labute approximate surface area is 59.0 Å². The minimum atomic E-state index is -0.818. The third-order valence-corrected chi connectivity index (χ3v) is 1.30. The molecule has 4 nitrogen and oxygen atoms in total. The Kier molecular flexibility index (Phi) is 2.03. The van der Waals surface area contributed by atoms with E-state index in [1.165, 1.54) is 4.57 Å². The molecule has 0 spiro atoms. The van der Waals surface area contributed by atoms with Gasteiger partial charge in [0.15, 0.2) is 0 Å². The molecule has 2 N–H and O–H groups in total. The van der Waals surface area contributed by atoms with Crippen molar-refractivity contribution in [3.8, 4) is 0 Å². The van der Waals surface area contributed by atoms with Gasteiger partial charge in [-0.05, 0) is 0 Å². The third-order valence-electron chi connectivity index (χ3n) is 1.30. The van der Waals surface area contributed by atoms with Gasteiger partial charge in [-0.25, -0.2) is 9.13 Å². The van der Waals surface area contributed by atoms with E-state index in [1.807, 2.05) is 7.05 Å². The van der Waals surface area contributed by atoms with Crippen molar-refractivity contribution in [1.82, 2.24) is 4.57 Å². The maximum atomic E-state index is 9.04. The van der Waals surface area contributed by atoms with Crippen LogP contribution in [-0.2, 0) is 7.05 Å². The van der Waals surface area contributed by atoms with Crippen LogP contribution < -0.4 is 4.57 Å². The first kappa shape index (κ1) is 7.24. The van der Waals surface area contributed by atoms with E-state index in [2.05, 4.69) is 0 Å². The SMILES string of the molecule is C[n+]1ccn(C(O)CO)c1. The fraction of sp³-hybridized carbons (Fsp3) is 0.500. The second-order valence-corrected chi connectivity index (χ2v) is 2.19. The van der Waals surface area contributed by atoms with Gasteiger partial charge in [0.2, 0.25) is 12.6 Å². The Hall–Kier alpha value is -0.870. The van der Waals surface area contributed by atoms with Crippen molar-refractivity contribution in [1.29, 1.82) is 0 Å². The molecule has 0 saturated heterocycles. The van der Waals surface area contributed by atoms with Crippen molar-refractivity contribution in [2.45, 2.75) is 6.23 Å². The lowest BCUT2D eigenvalue weighted by atomic mass is 10.6. The van der Waals surface area contributed by atoms with E-state index in [1.54, 1.807) is 23.3 Å². The fourth-order valence-corrected chi connectivity index (χ4v) is 0.740. The number of nitrogens with zero attached hydrogens (tertiary/aromatic N) is 2. The van der Waals surface area contributed by atoms with Gasteiger partial charge in [0.05, 0.1) is 7.05 Å². The van der Waals surface area contributed by atoms with Gasteiger partial charge in [-0.15, -0.1) is 0 Å². The van der Waals surface area contributed by atoms with Crippen LogP contribution in [0, 0.1) is 0 Å². The second kappa shape index (κ2) is 2.81. The molecule has 0 aliphatic heterocycles. The van der Waals surface area contributed by atoms with Crippen LogP contribution in [0.3, 0.4) is 0 Å². The van der Waals surface area contributed by atoms with Crippen molar-refractivity contribution >= 4 is 0 Å². The minimum Gasteiger partial charge on any atom is -0.389 e. The lowest BCUT2D eigenvalue weighted by Gasteiger charge is -1.99. The van der Waals surface area contributed by atoms with Crippen LogP contribution in [0.15, 0.2) is 18.7 Å². The molecule has 0 radical (unpaired) electrons. The normalized spacial score (nSPS) is 13.5. The van der Waals surface area contributed by atoms with Gasteiger partial charge in [0.25, 0.3) is 0 Å². The average Bonchev–Trinajstić information content (AvgIpc) is 2.34. The molecular weight excluding hydrogens is 132 g/mol. The lowest BCUT2D eigenvalue weighted by Crippen LogP contribution is -2.24. The van der Waals surface area contributed by atoms with E-state index in [0.717, 1.165) is 0 Å². The van der Waals surface area contributed by atoms with E-state index in [9.17, 15) is 0 Å². The first-order valence-electron chi connectivity index (χ1n) is 3.05. The molecule has 0 bridgehead atoms. The van der Waals surface area contributed by atoms with E-state index in [-0.39, 0.29) is 6.61 Å². The molecule has 1 atom stereocenters. The minimum absolute atomic E-state index is 0.255. The third kappa shape index (κ3) is 1.34. The Morgan fingerprint density at radius 3 is 2.80 bits per heavy atom. The summed E-state index contributed by atoms with van der Waals surface area (Å²) in [6.45, 7) is -0.255. The van der Waals surface area contributed by atoms with Crippen molar-refractivity contribution in [2.24, 2.45) is 7.05 Å². The number of aryl methyl sites for hydroxylation is 1. The van der Waals surface area contributed by atoms with Gasteiger partial charge in [-0.2, -0.15) is 0 Å². The Balaban J connectivity index is 2.74. The predicted octanol–water partition coefficient (Wildman–Crippen LogP) is -1.20. The van der Waals surface area contributed by atoms with E-state index >= 15 is 0 Å². The lowest BCUT2D eigenvalue weighted by molar-refractivity contribution is -0.671. The van der Waals surface area contributed by atoms with Crippen LogP contribution in [0.5, 0.6) is 0 Å². The zero-order valence-electron chi connectivity index (χ0n) is 5.81. The second-order valence-electron chi connectivity index (χ2n) is 2.19. The summed E-state index contributed by atoms with van der Waals surface area (Å²) in [5.74, 6) is 0. The molecule has 0 aliphatic carbocycles. The smallest absolute Gasteiger partial charge is 0.245 e. The van der Waals surface area contributed by atoms with Gasteiger partial charge in [-0.1, -0.05) is 0 Å². The highest BCUT2D eigenvalue weighted by Gasteiger charge is 2.09. The van der Waals surface area contributed by atoms with Crippen LogP contribution in [0.1, 0.15) is 6.23 Å². The van der Waals surface area contributed by atoms with Gasteiger partial charge >= 0.3 is 0 Å². The van der Waals surface area contributed by atoms with Gasteiger partial charge < -0.3 is 10.2 Å². The van der Waals surface area contributed by atoms with Gasteiger partial charge in [-0.3, -0.25) is 0 Å². The molecule has 1 unspecified atom stereocenters. The number of hydrogen-bond donors (Lipinski definition) is 2. The summed E-state index contributed by atoms with van der Waals surface area (Å²) >= 11 is 0. The van der Waals surface area contributed by atoms with Gasteiger partial charge in [0.1, 0.15) is 19.0 Å². The first-order valence-corrected chi connectivity index (χ1v) is 3.05. The van der Waals surface area contributed by atoms with Gasteiger partial charge in [0, 0.05) is 0 Å². The number of hydrogen-bond acceptors (Lipinski definition) is 2. The van der Waals surface area contributed by atoms with Crippen LogP contribution in [0.4, 0.5) is 0 Å². The molecule has 0 saturated carbocycles. The molecule has 1 aromatic heterocycles. The molecule has 1 rings (SSSR count). The molecular formula is C6H11N2O2+. The van der Waals surface area contributed by atoms with Crippen LogP contribution in [0.25, 0.3) is 0 Å². The maximum absolute atomic E-state index is 9.04. The largest absolute Gasteiger partial charge is 0.389 e. The highest BCUT2D eigenvalue weighted by Crippen LogP contribution is 1.96. The van der Waals surface area contributed by atoms with Crippen LogP contribution >= 0.6 is 0 Å². The first-order chi connectivity index (χ1) is 4.74. The van der Waals surface area contributed by atoms with Crippen molar-refractivity contribution in [3.63, 3.8) is 0 Å². The van der Waals surface area contributed by atoms with E-state index in [4.69, 9.17) is 10.2 Å². The molecule has 1 aromatic rings. The molecule has 56 valence electrons. The Morgan fingerprint density at radius 1 is 1.70 bits per heavy atom. The summed E-state index contributed by atoms with van der Waals surface area (Å²) in [5.41, 5.74) is 0. The molecule has 0 amide bonds. The van der Waals surface area contributed by atoms with Crippen molar-refractivity contribution in [2.75, 3.05) is 6.61 Å². The number of aliphatic hydroxyl groups is 2. The number of aliphatic hydroxyl groups excluding tert-OH is 2. The summed E-state index contributed by atoms with van der Waals surface area (Å²) in [6.07, 6.45) is 4.36. The van der Waals surface area contributed by atoms with Crippen molar-refractivity contribution in [3.05, 3.63) is 18.7 Å². The van der Waals surface area contributed by atoms with Crippen molar-refractivity contribution < 1.29 is 14.8 Å². The summed E-state index contributed by atoms with van der Waals surface area (Å²) in [5, 5.41) is 17.6. The fourth-order valence-electron chi connectivity index (χ4n) is 0.740. The van der Waals surface area contributed by atoms with Crippen LogP contribution in [-0.4, -0.2) is 21.4 Å². The summed E-state index contributed by atoms with van der Waals surface area (Å²) in [7, 11) is 1.85. The monoisotopic (exact) mass is 143 g/mol. The highest BCUT2D eigenvalue weighted by molar-refractivity contribution is 4.68. The molecule has 10 heavy (non-hydrogen) atoms. The van der Waals surface area contributed by atoms with E-state index in [0.29, 0.717) is 0 Å². The highest BCUT2D eigenvalue weighted by atomic mass is 16.3. The molecule has 0 aliphatic rings. The summed E-state index contributed by atoms with van der Waals surface area (Å²) in [4.78, 5) is 0. The molecule has 0 aromatic carbocycles. The number of aromatic nitrogens is 2. The predicted molar refractivity (Wildman–Crippen MR) is 33.9 cm³/mol. The molecule has 0 fully saturated rings. The van der Waals surface area contributed by atoms with Crippen LogP contribution in [0.2, 0.25) is 0 Å². The average molecular weight is 143 g/mol. The topological polar surface area (TPSA) is 49.3 Å². The standard InChI is InChI=1S/C6H11N2O2/c1-7-2-3-8(5-7)6(10)4-9/h2-3,5-6,9-10H,4H2,1H3/q+1. The Bertz CT molecular complexity index is 209.